The van der Waals surface area contributed by atoms with Crippen LogP contribution in [0.4, 0.5) is 5.69 Å². The maximum absolute atomic E-state index is 6.95. The molecule has 1 saturated heterocycles. The van der Waals surface area contributed by atoms with E-state index in [2.05, 4.69) is 16.7 Å². The molecule has 0 amide bonds. The molecule has 47 heavy (non-hydrogen) atoms. The Labute approximate surface area is 340 Å². The lowest BCUT2D eigenvalue weighted by atomic mass is 9.84. The van der Waals surface area contributed by atoms with Gasteiger partial charge in [-0.15, -0.1) is 0 Å². The Bertz CT molecular complexity index is 1820. The summed E-state index contributed by atoms with van der Waals surface area (Å²) in [6.45, 7) is 2.94. The molecule has 0 spiro atoms. The lowest BCUT2D eigenvalue weighted by Crippen LogP contribution is -2.36. The Balaban J connectivity index is 1.73. The Morgan fingerprint density at radius 1 is 0.447 bits per heavy atom. The van der Waals surface area contributed by atoms with Gasteiger partial charge >= 0.3 is 0 Å². The van der Waals surface area contributed by atoms with Crippen LogP contribution in [0.1, 0.15) is 27.8 Å². The summed E-state index contributed by atoms with van der Waals surface area (Å²) in [6, 6.07) is 7.68. The molecule has 0 unspecified atom stereocenters. The SMILES string of the molecule is Clc1c(Cl)c(Cl)c([C](c2c(Cl)c(Cl)c(Cl)c(Cl)c2Cl)c2c(Cl)c(Cl)c(C#Cc3ccc(N4CCOCC4)cc3)c(Cl)c2Cl)c(Cl)c1Cl. The summed E-state index contributed by atoms with van der Waals surface area (Å²) in [5.41, 5.74) is 1.76. The van der Waals surface area contributed by atoms with E-state index in [0.717, 1.165) is 18.8 Å². The highest BCUT2D eigenvalue weighted by atomic mass is 35.5. The third-order valence-electron chi connectivity index (χ3n) is 7.01. The minimum absolute atomic E-state index is 0.0275. The number of ether oxygens (including phenoxy) is 1. The van der Waals surface area contributed by atoms with Crippen LogP contribution < -0.4 is 4.90 Å². The van der Waals surface area contributed by atoms with Gasteiger partial charge < -0.3 is 9.64 Å². The van der Waals surface area contributed by atoms with E-state index in [1.807, 2.05) is 24.3 Å². The summed E-state index contributed by atoms with van der Waals surface area (Å²) in [5, 5.41) is -1.92. The first kappa shape index (κ1) is 38.5. The summed E-state index contributed by atoms with van der Waals surface area (Å²) in [5.74, 6) is 5.99. The van der Waals surface area contributed by atoms with Crippen molar-refractivity contribution < 1.29 is 4.74 Å². The second kappa shape index (κ2) is 15.9. The molecule has 0 saturated carbocycles. The maximum atomic E-state index is 6.95. The number of halogens is 14. The second-order valence-electron chi connectivity index (χ2n) is 9.67. The lowest BCUT2D eigenvalue weighted by molar-refractivity contribution is 0.122. The highest BCUT2D eigenvalue weighted by Crippen LogP contribution is 2.57. The minimum atomic E-state index is -0.167. The van der Waals surface area contributed by atoms with E-state index in [-0.39, 0.29) is 98.5 Å². The molecule has 16 heteroatoms. The molecule has 1 fully saturated rings. The van der Waals surface area contributed by atoms with Crippen molar-refractivity contribution in [3.8, 4) is 11.8 Å². The van der Waals surface area contributed by atoms with Gasteiger partial charge in [-0.2, -0.15) is 0 Å². The fraction of sp³-hybridized carbons (Fsp3) is 0.129. The van der Waals surface area contributed by atoms with Gasteiger partial charge in [-0.3, -0.25) is 0 Å². The predicted molar refractivity (Wildman–Crippen MR) is 205 cm³/mol. The van der Waals surface area contributed by atoms with Gasteiger partial charge in [-0.05, 0) is 24.3 Å². The van der Waals surface area contributed by atoms with Crippen molar-refractivity contribution in [1.82, 2.24) is 0 Å². The molecule has 4 aromatic carbocycles. The number of hydrogen-bond donors (Lipinski definition) is 0. The van der Waals surface area contributed by atoms with E-state index in [9.17, 15) is 0 Å². The molecular formula is C31H12Cl14NO. The van der Waals surface area contributed by atoms with Crippen molar-refractivity contribution in [1.29, 1.82) is 0 Å². The highest BCUT2D eigenvalue weighted by Gasteiger charge is 2.38. The third kappa shape index (κ3) is 7.32. The first-order valence-electron chi connectivity index (χ1n) is 12.9. The van der Waals surface area contributed by atoms with Crippen LogP contribution in [0.15, 0.2) is 24.3 Å². The number of benzene rings is 4. The van der Waals surface area contributed by atoms with Crippen LogP contribution in [0.3, 0.4) is 0 Å². The molecule has 1 heterocycles. The van der Waals surface area contributed by atoms with Crippen LogP contribution in [0, 0.1) is 17.8 Å². The topological polar surface area (TPSA) is 12.5 Å². The highest BCUT2D eigenvalue weighted by molar-refractivity contribution is 6.57. The van der Waals surface area contributed by atoms with Crippen LogP contribution in [0.2, 0.25) is 70.3 Å². The Hall–Kier alpha value is 0.260. The molecule has 1 radical (unpaired) electrons. The predicted octanol–water partition coefficient (Wildman–Crippen LogP) is 15.1. The third-order valence-corrected chi connectivity index (χ3v) is 13.3. The zero-order valence-corrected chi connectivity index (χ0v) is 33.4. The van der Waals surface area contributed by atoms with Crippen molar-refractivity contribution in [2.75, 3.05) is 31.2 Å². The first-order chi connectivity index (χ1) is 22.2. The fourth-order valence-electron chi connectivity index (χ4n) is 4.70. The van der Waals surface area contributed by atoms with Crippen LogP contribution >= 0.6 is 162 Å². The van der Waals surface area contributed by atoms with Crippen LogP contribution in [-0.4, -0.2) is 26.3 Å². The lowest BCUT2D eigenvalue weighted by Gasteiger charge is -2.28. The Kier molecular flexibility index (Phi) is 13.0. The molecule has 5 rings (SSSR count). The Morgan fingerprint density at radius 2 is 0.787 bits per heavy atom. The summed E-state index contributed by atoms with van der Waals surface area (Å²) < 4.78 is 5.43. The molecule has 0 aliphatic carbocycles. The van der Waals surface area contributed by atoms with Crippen molar-refractivity contribution in [3.63, 3.8) is 0 Å². The molecule has 2 nitrogen and oxygen atoms in total. The smallest absolute Gasteiger partial charge is 0.0809 e. The van der Waals surface area contributed by atoms with E-state index >= 15 is 0 Å². The zero-order chi connectivity index (χ0) is 34.5. The van der Waals surface area contributed by atoms with Gasteiger partial charge in [0.05, 0.1) is 95.0 Å². The molecule has 1 aliphatic heterocycles. The molecule has 0 atom stereocenters. The average molecular weight is 911 g/mol. The van der Waals surface area contributed by atoms with Gasteiger partial charge in [-0.1, -0.05) is 174 Å². The summed E-state index contributed by atoms with van der Waals surface area (Å²) in [4.78, 5) is 2.22. The van der Waals surface area contributed by atoms with Gasteiger partial charge in [0.15, 0.2) is 0 Å². The first-order valence-corrected chi connectivity index (χ1v) is 18.2. The summed E-state index contributed by atoms with van der Waals surface area (Å²) in [6.07, 6.45) is 0. The van der Waals surface area contributed by atoms with Crippen LogP contribution in [-0.2, 0) is 4.74 Å². The quantitative estimate of drug-likeness (QED) is 0.0875. The summed E-state index contributed by atoms with van der Waals surface area (Å²) >= 11 is 93.0. The number of anilines is 1. The number of hydrogen-bond acceptors (Lipinski definition) is 2. The van der Waals surface area contributed by atoms with Gasteiger partial charge in [0.1, 0.15) is 0 Å². The molecule has 0 N–H and O–H groups in total. The van der Waals surface area contributed by atoms with Crippen molar-refractivity contribution in [3.05, 3.63) is 128 Å². The molecule has 0 aromatic heterocycles. The van der Waals surface area contributed by atoms with Gasteiger partial charge in [0.2, 0.25) is 0 Å². The number of rotatable bonds is 4. The van der Waals surface area contributed by atoms with E-state index in [0.29, 0.717) is 18.8 Å². The van der Waals surface area contributed by atoms with E-state index in [1.54, 1.807) is 0 Å². The minimum Gasteiger partial charge on any atom is -0.378 e. The molecule has 1 aliphatic rings. The largest absolute Gasteiger partial charge is 0.378 e. The maximum Gasteiger partial charge on any atom is 0.0809 e. The summed E-state index contributed by atoms with van der Waals surface area (Å²) in [7, 11) is 0. The molecule has 4 aromatic rings. The monoisotopic (exact) mass is 904 g/mol. The van der Waals surface area contributed by atoms with Crippen molar-refractivity contribution in [2.45, 2.75) is 0 Å². The number of morpholine rings is 1. The van der Waals surface area contributed by atoms with Gasteiger partial charge in [0, 0.05) is 41.0 Å². The zero-order valence-electron chi connectivity index (χ0n) is 22.8. The standard InChI is InChI=1S/C31H12Cl14NO/c32-18-13(6-3-11-1-4-12(5-2-11)46-7-9-47-10-8-46)19(33)21(35)15(20(18)34)14(16-22(36)26(40)30(44)27(41)23(16)37)17-24(38)28(42)31(45)29(43)25(17)39/h1-2,4-5H,7-10H2. The van der Waals surface area contributed by atoms with Crippen molar-refractivity contribution >= 4 is 168 Å². The molecule has 0 bridgehead atoms. The fourth-order valence-corrected chi connectivity index (χ4v) is 8.49. The average Bonchev–Trinajstić information content (AvgIpc) is 3.08. The van der Waals surface area contributed by atoms with E-state index < -0.39 is 0 Å². The molecular weight excluding hydrogens is 899 g/mol. The van der Waals surface area contributed by atoms with Gasteiger partial charge in [0.25, 0.3) is 0 Å². The number of nitrogens with zero attached hydrogens (tertiary/aromatic N) is 1. The van der Waals surface area contributed by atoms with Gasteiger partial charge in [-0.25, -0.2) is 0 Å². The van der Waals surface area contributed by atoms with Crippen LogP contribution in [0.5, 0.6) is 0 Å². The second-order valence-corrected chi connectivity index (χ2v) is 15.0. The van der Waals surface area contributed by atoms with Crippen molar-refractivity contribution in [2.24, 2.45) is 0 Å². The van der Waals surface area contributed by atoms with Crippen LogP contribution in [0.25, 0.3) is 0 Å². The normalized spacial score (nSPS) is 13.3. The van der Waals surface area contributed by atoms with E-state index in [4.69, 9.17) is 167 Å². The molecule has 245 valence electrons. The Morgan fingerprint density at radius 3 is 1.17 bits per heavy atom. The van der Waals surface area contributed by atoms with E-state index in [1.165, 1.54) is 0 Å².